The maximum absolute atomic E-state index is 12.3. The molecular formula is C18H15BrO4. The zero-order valence-corrected chi connectivity index (χ0v) is 14.1. The summed E-state index contributed by atoms with van der Waals surface area (Å²) in [7, 11) is 0. The number of hydrogen-bond acceptors (Lipinski definition) is 4. The molecule has 0 bridgehead atoms. The highest BCUT2D eigenvalue weighted by molar-refractivity contribution is 9.10. The summed E-state index contributed by atoms with van der Waals surface area (Å²) in [5.74, 6) is 0.445. The molecule has 0 saturated heterocycles. The van der Waals surface area contributed by atoms with Gasteiger partial charge in [-0.15, -0.1) is 0 Å². The predicted octanol–water partition coefficient (Wildman–Crippen LogP) is 4.23. The van der Waals surface area contributed by atoms with Crippen LogP contribution in [0.2, 0.25) is 0 Å². The van der Waals surface area contributed by atoms with Gasteiger partial charge in [-0.25, -0.2) is 0 Å². The van der Waals surface area contributed by atoms with E-state index in [0.29, 0.717) is 6.61 Å². The van der Waals surface area contributed by atoms with Crippen LogP contribution in [0.4, 0.5) is 0 Å². The van der Waals surface area contributed by atoms with Crippen LogP contribution in [0.3, 0.4) is 0 Å². The third-order valence-electron chi connectivity index (χ3n) is 3.54. The summed E-state index contributed by atoms with van der Waals surface area (Å²) in [6.07, 6.45) is 3.13. The number of carbonyl (C=O) groups excluding carboxylic acids is 1. The molecule has 0 aliphatic carbocycles. The largest absolute Gasteiger partial charge is 0.507 e. The van der Waals surface area contributed by atoms with Gasteiger partial charge < -0.3 is 14.6 Å². The summed E-state index contributed by atoms with van der Waals surface area (Å²) >= 11 is 3.44. The van der Waals surface area contributed by atoms with Crippen LogP contribution in [0.5, 0.6) is 11.5 Å². The van der Waals surface area contributed by atoms with Crippen LogP contribution in [0, 0.1) is 6.92 Å². The fourth-order valence-corrected chi connectivity index (χ4v) is 2.96. The van der Waals surface area contributed by atoms with Crippen molar-refractivity contribution >= 4 is 27.8 Å². The first-order valence-corrected chi connectivity index (χ1v) is 7.89. The van der Waals surface area contributed by atoms with Crippen LogP contribution >= 0.6 is 15.9 Å². The number of halogens is 1. The lowest BCUT2D eigenvalue weighted by Gasteiger charge is -2.20. The summed E-state index contributed by atoms with van der Waals surface area (Å²) < 4.78 is 11.7. The Balaban J connectivity index is 1.91. The average Bonchev–Trinajstić information content (AvgIpc) is 2.52. The van der Waals surface area contributed by atoms with Crippen LogP contribution < -0.4 is 4.74 Å². The van der Waals surface area contributed by atoms with Crippen molar-refractivity contribution in [2.24, 2.45) is 0 Å². The number of aryl methyl sites for hydroxylation is 1. The highest BCUT2D eigenvalue weighted by Crippen LogP contribution is 2.32. The Morgan fingerprint density at radius 1 is 1.30 bits per heavy atom. The Morgan fingerprint density at radius 2 is 2.13 bits per heavy atom. The Bertz CT molecular complexity index is 796. The topological polar surface area (TPSA) is 55.8 Å². The molecule has 1 aliphatic heterocycles. The lowest BCUT2D eigenvalue weighted by molar-refractivity contribution is -0.0165. The number of phenolic OH excluding ortho intramolecular Hbond substituents is 1. The molecule has 0 amide bonds. The van der Waals surface area contributed by atoms with Gasteiger partial charge in [0.05, 0.1) is 12.2 Å². The van der Waals surface area contributed by atoms with Gasteiger partial charge in [0.1, 0.15) is 11.5 Å². The number of fused-ring (bicyclic) bond motifs is 1. The van der Waals surface area contributed by atoms with Crippen LogP contribution in [-0.4, -0.2) is 17.7 Å². The van der Waals surface area contributed by atoms with Crippen molar-refractivity contribution in [1.29, 1.82) is 0 Å². The van der Waals surface area contributed by atoms with Gasteiger partial charge in [-0.3, -0.25) is 4.79 Å². The molecule has 0 aromatic heterocycles. The van der Waals surface area contributed by atoms with E-state index < -0.39 is 0 Å². The van der Waals surface area contributed by atoms with Crippen molar-refractivity contribution in [3.05, 3.63) is 63.1 Å². The number of phenols is 1. The quantitative estimate of drug-likeness (QED) is 0.645. The molecule has 0 radical (unpaired) electrons. The van der Waals surface area contributed by atoms with Crippen LogP contribution in [0.25, 0.3) is 6.08 Å². The van der Waals surface area contributed by atoms with Crippen LogP contribution in [0.1, 0.15) is 27.0 Å². The second-order valence-corrected chi connectivity index (χ2v) is 6.23. The standard InChI is InChI=1S/C18H15BrO4/c1-11-2-4-15(17(21)6-11)16(20)5-3-12-7-14(19)8-13-9-22-10-23-18(12)13/h2-8,21H,9-10H2,1H3/b5-3+. The molecule has 3 rings (SSSR count). The lowest BCUT2D eigenvalue weighted by atomic mass is 10.0. The monoisotopic (exact) mass is 374 g/mol. The molecule has 118 valence electrons. The smallest absolute Gasteiger partial charge is 0.189 e. The van der Waals surface area contributed by atoms with Crippen molar-refractivity contribution in [3.8, 4) is 11.5 Å². The van der Waals surface area contributed by atoms with E-state index in [-0.39, 0.29) is 23.9 Å². The van der Waals surface area contributed by atoms with Gasteiger partial charge >= 0.3 is 0 Å². The van der Waals surface area contributed by atoms with Crippen molar-refractivity contribution in [2.75, 3.05) is 6.79 Å². The third kappa shape index (κ3) is 3.46. The number of aromatic hydroxyl groups is 1. The molecule has 0 saturated carbocycles. The third-order valence-corrected chi connectivity index (χ3v) is 3.99. The number of benzene rings is 2. The van der Waals surface area contributed by atoms with Gasteiger partial charge in [0.15, 0.2) is 12.6 Å². The molecule has 1 heterocycles. The van der Waals surface area contributed by atoms with Crippen LogP contribution in [0.15, 0.2) is 40.9 Å². The van der Waals surface area contributed by atoms with Gasteiger partial charge in [-0.2, -0.15) is 0 Å². The highest BCUT2D eigenvalue weighted by atomic mass is 79.9. The minimum absolute atomic E-state index is 0.0134. The summed E-state index contributed by atoms with van der Waals surface area (Å²) in [5, 5.41) is 9.89. The predicted molar refractivity (Wildman–Crippen MR) is 90.6 cm³/mol. The summed E-state index contributed by atoms with van der Waals surface area (Å²) in [5.41, 5.74) is 2.89. The van der Waals surface area contributed by atoms with Crippen molar-refractivity contribution < 1.29 is 19.4 Å². The first kappa shape index (κ1) is 15.8. The van der Waals surface area contributed by atoms with E-state index in [1.54, 1.807) is 24.3 Å². The van der Waals surface area contributed by atoms with E-state index in [9.17, 15) is 9.90 Å². The second-order valence-electron chi connectivity index (χ2n) is 5.31. The number of ether oxygens (including phenoxy) is 2. The van der Waals surface area contributed by atoms with Gasteiger partial charge in [0.2, 0.25) is 0 Å². The van der Waals surface area contributed by atoms with Gasteiger partial charge in [0.25, 0.3) is 0 Å². The maximum Gasteiger partial charge on any atom is 0.189 e. The zero-order valence-electron chi connectivity index (χ0n) is 12.5. The summed E-state index contributed by atoms with van der Waals surface area (Å²) in [4.78, 5) is 12.3. The van der Waals surface area contributed by atoms with Crippen molar-refractivity contribution in [2.45, 2.75) is 13.5 Å². The van der Waals surface area contributed by atoms with Gasteiger partial charge in [-0.1, -0.05) is 22.0 Å². The number of carbonyl (C=O) groups is 1. The Kier molecular flexibility index (Phi) is 4.50. The maximum atomic E-state index is 12.3. The van der Waals surface area contributed by atoms with E-state index in [1.807, 2.05) is 19.1 Å². The molecule has 23 heavy (non-hydrogen) atoms. The molecule has 1 N–H and O–H groups in total. The number of rotatable bonds is 3. The minimum atomic E-state index is -0.261. The highest BCUT2D eigenvalue weighted by Gasteiger charge is 2.15. The average molecular weight is 375 g/mol. The first-order chi connectivity index (χ1) is 11.0. The molecule has 2 aromatic carbocycles. The molecule has 4 nitrogen and oxygen atoms in total. The van der Waals surface area contributed by atoms with E-state index in [0.717, 1.165) is 26.9 Å². The van der Waals surface area contributed by atoms with E-state index >= 15 is 0 Å². The molecule has 0 atom stereocenters. The van der Waals surface area contributed by atoms with E-state index in [2.05, 4.69) is 15.9 Å². The molecule has 0 fully saturated rings. The molecule has 5 heteroatoms. The fourth-order valence-electron chi connectivity index (χ4n) is 2.44. The van der Waals surface area contributed by atoms with E-state index in [4.69, 9.17) is 9.47 Å². The van der Waals surface area contributed by atoms with Crippen molar-refractivity contribution in [3.63, 3.8) is 0 Å². The SMILES string of the molecule is Cc1ccc(C(=O)/C=C/c2cc(Br)cc3c2OCOC3)c(O)c1. The Labute approximate surface area is 142 Å². The number of ketones is 1. The minimum Gasteiger partial charge on any atom is -0.507 e. The number of allylic oxidation sites excluding steroid dienone is 1. The fraction of sp³-hybridized carbons (Fsp3) is 0.167. The summed E-state index contributed by atoms with van der Waals surface area (Å²) in [6, 6.07) is 8.80. The number of hydrogen-bond donors (Lipinski definition) is 1. The Hall–Kier alpha value is -2.11. The Morgan fingerprint density at radius 3 is 2.91 bits per heavy atom. The first-order valence-electron chi connectivity index (χ1n) is 7.09. The molecular weight excluding hydrogens is 360 g/mol. The van der Waals surface area contributed by atoms with Crippen molar-refractivity contribution in [1.82, 2.24) is 0 Å². The summed E-state index contributed by atoms with van der Waals surface area (Å²) in [6.45, 7) is 2.53. The molecule has 2 aromatic rings. The molecule has 1 aliphatic rings. The second kappa shape index (κ2) is 6.56. The zero-order chi connectivity index (χ0) is 16.4. The van der Waals surface area contributed by atoms with Crippen LogP contribution in [-0.2, 0) is 11.3 Å². The van der Waals surface area contributed by atoms with Gasteiger partial charge in [0, 0.05) is 15.6 Å². The molecule has 0 spiro atoms. The normalized spacial score (nSPS) is 13.7. The van der Waals surface area contributed by atoms with E-state index in [1.165, 1.54) is 6.08 Å². The molecule has 0 unspecified atom stereocenters. The van der Waals surface area contributed by atoms with Gasteiger partial charge in [-0.05, 0) is 48.9 Å². The lowest BCUT2D eigenvalue weighted by Crippen LogP contribution is -2.12.